The molecule has 15 heavy (non-hydrogen) atoms. The van der Waals surface area contributed by atoms with Crippen LogP contribution in [0.1, 0.15) is 29.3 Å². The normalized spacial score (nSPS) is 10.9. The quantitative estimate of drug-likeness (QED) is 0.893. The minimum Gasteiger partial charge on any atom is -0.478 e. The summed E-state index contributed by atoms with van der Waals surface area (Å²) in [6, 6.07) is 3.39. The number of carboxylic acids is 1. The molecule has 0 heterocycles. The molecule has 0 atom stereocenters. The van der Waals surface area contributed by atoms with Crippen LogP contribution in [0.4, 0.5) is 0 Å². The molecule has 0 fully saturated rings. The van der Waals surface area contributed by atoms with Crippen LogP contribution in [0.3, 0.4) is 0 Å². The Morgan fingerprint density at radius 2 is 2.07 bits per heavy atom. The van der Waals surface area contributed by atoms with Gasteiger partial charge in [-0.25, -0.2) is 4.79 Å². The number of aromatic carboxylic acids is 1. The summed E-state index contributed by atoms with van der Waals surface area (Å²) in [6.45, 7) is 2.05. The van der Waals surface area contributed by atoms with Gasteiger partial charge in [0.1, 0.15) is 0 Å². The number of rotatable bonds is 3. The highest BCUT2D eigenvalue weighted by molar-refractivity contribution is 9.11. The lowest BCUT2D eigenvalue weighted by Gasteiger charge is -2.03. The number of carboxylic acid groups (broad SMARTS) is 1. The first kappa shape index (κ1) is 12.5. The Kier molecular flexibility index (Phi) is 4.54. The Balaban J connectivity index is 3.19. The molecule has 0 amide bonds. The second kappa shape index (κ2) is 5.47. The lowest BCUT2D eigenvalue weighted by Crippen LogP contribution is -1.98. The van der Waals surface area contributed by atoms with Crippen molar-refractivity contribution in [2.75, 3.05) is 0 Å². The molecule has 1 aromatic rings. The maximum Gasteiger partial charge on any atom is 0.336 e. The Morgan fingerprint density at radius 3 is 2.60 bits per heavy atom. The standard InChI is InChI=1S/C11H10Br2O2/c1-2-3-4-7-5-10(13)8(11(14)15)6-9(7)12/h3-6H,2H2,1H3,(H,14,15)/b4-3+. The third-order valence-electron chi connectivity index (χ3n) is 1.85. The Labute approximate surface area is 105 Å². The number of carbonyl (C=O) groups is 1. The summed E-state index contributed by atoms with van der Waals surface area (Å²) in [4.78, 5) is 10.8. The first-order valence-electron chi connectivity index (χ1n) is 4.45. The minimum atomic E-state index is -0.936. The zero-order valence-electron chi connectivity index (χ0n) is 8.13. The highest BCUT2D eigenvalue weighted by atomic mass is 79.9. The monoisotopic (exact) mass is 332 g/mol. The van der Waals surface area contributed by atoms with Crippen LogP contribution < -0.4 is 0 Å². The van der Waals surface area contributed by atoms with Crippen molar-refractivity contribution in [2.24, 2.45) is 0 Å². The third-order valence-corrected chi connectivity index (χ3v) is 3.19. The van der Waals surface area contributed by atoms with Crippen LogP contribution in [-0.4, -0.2) is 11.1 Å². The van der Waals surface area contributed by atoms with Gasteiger partial charge in [0, 0.05) is 8.95 Å². The average molecular weight is 334 g/mol. The fraction of sp³-hybridized carbons (Fsp3) is 0.182. The van der Waals surface area contributed by atoms with E-state index < -0.39 is 5.97 Å². The van der Waals surface area contributed by atoms with Crippen LogP contribution in [0.15, 0.2) is 27.2 Å². The largest absolute Gasteiger partial charge is 0.478 e. The van der Waals surface area contributed by atoms with E-state index in [1.54, 1.807) is 12.1 Å². The van der Waals surface area contributed by atoms with Crippen molar-refractivity contribution in [1.82, 2.24) is 0 Å². The zero-order chi connectivity index (χ0) is 11.4. The Bertz CT molecular complexity index is 411. The third kappa shape index (κ3) is 3.18. The van der Waals surface area contributed by atoms with Crippen molar-refractivity contribution in [1.29, 1.82) is 0 Å². The van der Waals surface area contributed by atoms with Crippen LogP contribution in [0, 0.1) is 0 Å². The summed E-state index contributed by atoms with van der Waals surface area (Å²) in [7, 11) is 0. The summed E-state index contributed by atoms with van der Waals surface area (Å²) >= 11 is 6.58. The van der Waals surface area contributed by atoms with Crippen LogP contribution >= 0.6 is 31.9 Å². The molecular weight excluding hydrogens is 324 g/mol. The first-order chi connectivity index (χ1) is 7.06. The summed E-state index contributed by atoms with van der Waals surface area (Å²) < 4.78 is 1.38. The second-order valence-electron chi connectivity index (χ2n) is 2.97. The Morgan fingerprint density at radius 1 is 1.40 bits per heavy atom. The van der Waals surface area contributed by atoms with Gasteiger partial charge in [-0.2, -0.15) is 0 Å². The van der Waals surface area contributed by atoms with E-state index in [1.165, 1.54) is 0 Å². The van der Waals surface area contributed by atoms with Gasteiger partial charge >= 0.3 is 5.97 Å². The molecule has 0 spiro atoms. The van der Waals surface area contributed by atoms with Gasteiger partial charge in [-0.05, 0) is 40.0 Å². The summed E-state index contributed by atoms with van der Waals surface area (Å²) in [5, 5.41) is 8.89. The van der Waals surface area contributed by atoms with E-state index in [1.807, 2.05) is 19.1 Å². The second-order valence-corrected chi connectivity index (χ2v) is 4.68. The van der Waals surface area contributed by atoms with Gasteiger partial charge in [0.05, 0.1) is 5.56 Å². The molecule has 0 saturated carbocycles. The molecule has 1 aromatic carbocycles. The van der Waals surface area contributed by atoms with Crippen molar-refractivity contribution >= 4 is 43.9 Å². The van der Waals surface area contributed by atoms with Gasteiger partial charge in [0.15, 0.2) is 0 Å². The lowest BCUT2D eigenvalue weighted by molar-refractivity contribution is 0.0696. The number of hydrogen-bond donors (Lipinski definition) is 1. The van der Waals surface area contributed by atoms with Crippen LogP contribution in [0.25, 0.3) is 6.08 Å². The van der Waals surface area contributed by atoms with E-state index in [0.29, 0.717) is 4.47 Å². The molecule has 0 unspecified atom stereocenters. The average Bonchev–Trinajstić information content (AvgIpc) is 2.18. The predicted molar refractivity (Wildman–Crippen MR) is 68.1 cm³/mol. The lowest BCUT2D eigenvalue weighted by atomic mass is 10.1. The van der Waals surface area contributed by atoms with Gasteiger partial charge in [0.2, 0.25) is 0 Å². The van der Waals surface area contributed by atoms with Crippen molar-refractivity contribution in [3.63, 3.8) is 0 Å². The molecular formula is C11H10Br2O2. The van der Waals surface area contributed by atoms with Gasteiger partial charge < -0.3 is 5.11 Å². The van der Waals surface area contributed by atoms with E-state index in [2.05, 4.69) is 31.9 Å². The predicted octanol–water partition coefficient (Wildman–Crippen LogP) is 4.33. The van der Waals surface area contributed by atoms with Crippen LogP contribution in [0.5, 0.6) is 0 Å². The maximum absolute atomic E-state index is 10.8. The number of allylic oxidation sites excluding steroid dienone is 1. The highest BCUT2D eigenvalue weighted by Gasteiger charge is 2.10. The van der Waals surface area contributed by atoms with Crippen molar-refractivity contribution in [3.05, 3.63) is 38.3 Å². The first-order valence-corrected chi connectivity index (χ1v) is 6.03. The van der Waals surface area contributed by atoms with Gasteiger partial charge in [-0.15, -0.1) is 0 Å². The topological polar surface area (TPSA) is 37.3 Å². The van der Waals surface area contributed by atoms with Crippen molar-refractivity contribution in [3.8, 4) is 0 Å². The molecule has 4 heteroatoms. The fourth-order valence-electron chi connectivity index (χ4n) is 1.10. The fourth-order valence-corrected chi connectivity index (χ4v) is 2.10. The molecule has 0 bridgehead atoms. The molecule has 1 N–H and O–H groups in total. The summed E-state index contributed by atoms with van der Waals surface area (Å²) in [5.41, 5.74) is 1.23. The highest BCUT2D eigenvalue weighted by Crippen LogP contribution is 2.27. The smallest absolute Gasteiger partial charge is 0.336 e. The molecule has 80 valence electrons. The molecule has 0 radical (unpaired) electrons. The molecule has 0 aromatic heterocycles. The van der Waals surface area contributed by atoms with Crippen molar-refractivity contribution < 1.29 is 9.90 Å². The zero-order valence-corrected chi connectivity index (χ0v) is 11.3. The van der Waals surface area contributed by atoms with Gasteiger partial charge in [0.25, 0.3) is 0 Å². The summed E-state index contributed by atoms with van der Waals surface area (Å²) in [6.07, 6.45) is 4.93. The van der Waals surface area contributed by atoms with E-state index in [-0.39, 0.29) is 5.56 Å². The SMILES string of the molecule is CC/C=C/c1cc(Br)c(C(=O)O)cc1Br. The Hall–Kier alpha value is -0.610. The van der Waals surface area contributed by atoms with Crippen LogP contribution in [-0.2, 0) is 0 Å². The summed E-state index contributed by atoms with van der Waals surface area (Å²) in [5.74, 6) is -0.936. The minimum absolute atomic E-state index is 0.260. The van der Waals surface area contributed by atoms with E-state index in [9.17, 15) is 4.79 Å². The number of benzene rings is 1. The molecule has 1 rings (SSSR count). The van der Waals surface area contributed by atoms with E-state index in [4.69, 9.17) is 5.11 Å². The van der Waals surface area contributed by atoms with Crippen molar-refractivity contribution in [2.45, 2.75) is 13.3 Å². The molecule has 0 aliphatic heterocycles. The van der Waals surface area contributed by atoms with E-state index >= 15 is 0 Å². The van der Waals surface area contributed by atoms with E-state index in [0.717, 1.165) is 16.5 Å². The molecule has 0 aliphatic rings. The molecule has 2 nitrogen and oxygen atoms in total. The van der Waals surface area contributed by atoms with Gasteiger partial charge in [-0.1, -0.05) is 35.0 Å². The number of hydrogen-bond acceptors (Lipinski definition) is 1. The molecule has 0 aliphatic carbocycles. The van der Waals surface area contributed by atoms with Crippen LogP contribution in [0.2, 0.25) is 0 Å². The maximum atomic E-state index is 10.8. The van der Waals surface area contributed by atoms with Gasteiger partial charge in [-0.3, -0.25) is 0 Å². The number of halogens is 2. The molecule has 0 saturated heterocycles.